The molecule has 0 aliphatic heterocycles. The van der Waals surface area contributed by atoms with Crippen molar-refractivity contribution in [2.45, 2.75) is 67.5 Å². The summed E-state index contributed by atoms with van der Waals surface area (Å²) in [6, 6.07) is 54.0. The standard InChI is InChI=1S/2C25H23.C2H6Si.2ClH.Zr/c2*1-4-19-15-24-22(20-9-5-17(2)6-10-20)13-14-23(25(24)16-19)21-11-7-18(3)8-12-21;1-3-2;;;/h2*5-16H,4H2,1-3H3;1-2H3;2*1H;/q2*-1;;;;+2/p-2. The van der Waals surface area contributed by atoms with Crippen LogP contribution in [0.1, 0.15) is 47.2 Å². The van der Waals surface area contributed by atoms with E-state index in [0.717, 1.165) is 12.8 Å². The predicted molar refractivity (Wildman–Crippen MR) is 236 cm³/mol. The summed E-state index contributed by atoms with van der Waals surface area (Å²) in [7, 11) is 0. The molecule has 4 heteroatoms. The van der Waals surface area contributed by atoms with Crippen LogP contribution in [0.2, 0.25) is 13.1 Å². The maximum Gasteiger partial charge on any atom is -1.00 e. The van der Waals surface area contributed by atoms with E-state index in [4.69, 9.17) is 0 Å². The van der Waals surface area contributed by atoms with Crippen molar-refractivity contribution >= 4 is 27.0 Å². The van der Waals surface area contributed by atoms with Gasteiger partial charge in [-0.1, -0.05) is 191 Å². The van der Waals surface area contributed by atoms with Gasteiger partial charge in [-0.25, -0.2) is 0 Å². The first kappa shape index (κ1) is 44.9. The van der Waals surface area contributed by atoms with Gasteiger partial charge in [0.1, 0.15) is 0 Å². The molecule has 0 aromatic heterocycles. The number of rotatable bonds is 6. The van der Waals surface area contributed by atoms with E-state index in [1.54, 1.807) is 23.3 Å². The molecule has 0 spiro atoms. The Labute approximate surface area is 363 Å². The van der Waals surface area contributed by atoms with Crippen molar-refractivity contribution in [3.63, 3.8) is 0 Å². The SMILES string of the molecule is CCc1cc2c(-c3ccc(C)cc3)ccc(-c3ccc(C)cc3)c2[cH-]1.CCc1cc2c(-c3ccc(C)cc3)ccc(-c3ccc(C)cc3)c2[cH-]1.C[Si](C)=[Zr+2].[Cl-].[Cl-]. The summed E-state index contributed by atoms with van der Waals surface area (Å²) in [4.78, 5) is 0. The number of fused-ring (bicyclic) bond motifs is 2. The quantitative estimate of drug-likeness (QED) is 0.116. The molecule has 0 aliphatic carbocycles. The minimum Gasteiger partial charge on any atom is -1.00 e. The molecule has 0 nitrogen and oxygen atoms in total. The number of halogens is 2. The fraction of sp³-hybridized carbons (Fsp3) is 0.192. The minimum atomic E-state index is 0. The molecule has 0 radical (unpaired) electrons. The van der Waals surface area contributed by atoms with Gasteiger partial charge in [0.2, 0.25) is 0 Å². The van der Waals surface area contributed by atoms with Crippen molar-refractivity contribution in [3.05, 3.63) is 179 Å². The molecule has 0 amide bonds. The summed E-state index contributed by atoms with van der Waals surface area (Å²) in [6.45, 7) is 17.6. The Morgan fingerprint density at radius 1 is 0.411 bits per heavy atom. The Bertz CT molecular complexity index is 2160. The molecule has 0 atom stereocenters. The maximum atomic E-state index is 2.36. The van der Waals surface area contributed by atoms with E-state index < -0.39 is 0 Å². The van der Waals surface area contributed by atoms with E-state index >= 15 is 0 Å². The number of hydrogen-bond donors (Lipinski definition) is 0. The second-order valence-corrected chi connectivity index (χ2v) is 24.2. The average molecular weight is 867 g/mol. The minimum absolute atomic E-state index is 0. The van der Waals surface area contributed by atoms with Crippen molar-refractivity contribution in [3.8, 4) is 44.5 Å². The predicted octanol–water partition coefficient (Wildman–Crippen LogP) is 8.94. The zero-order valence-corrected chi connectivity index (χ0v) is 39.0. The van der Waals surface area contributed by atoms with Gasteiger partial charge in [0.15, 0.2) is 0 Å². The Morgan fingerprint density at radius 2 is 0.643 bits per heavy atom. The summed E-state index contributed by atoms with van der Waals surface area (Å²) < 4.78 is 0. The third kappa shape index (κ3) is 10.8. The van der Waals surface area contributed by atoms with Gasteiger partial charge in [-0.15, -0.1) is 44.8 Å². The smallest absolute Gasteiger partial charge is 1.00 e. The van der Waals surface area contributed by atoms with Crippen LogP contribution in [0.4, 0.5) is 0 Å². The zero-order chi connectivity index (χ0) is 38.4. The summed E-state index contributed by atoms with van der Waals surface area (Å²) in [5.74, 6) is 0. The molecular formula is C52H52Cl2SiZr-2. The molecule has 0 N–H and O–H groups in total. The van der Waals surface area contributed by atoms with Gasteiger partial charge < -0.3 is 24.8 Å². The third-order valence-electron chi connectivity index (χ3n) is 10.2. The average Bonchev–Trinajstić information content (AvgIpc) is 3.81. The van der Waals surface area contributed by atoms with Crippen LogP contribution >= 0.6 is 0 Å². The number of benzene rings is 6. The molecular weight excluding hydrogens is 815 g/mol. The van der Waals surface area contributed by atoms with E-state index in [2.05, 4.69) is 200 Å². The zero-order valence-electron chi connectivity index (χ0n) is 34.0. The van der Waals surface area contributed by atoms with E-state index in [-0.39, 0.29) is 30.2 Å². The molecule has 0 fully saturated rings. The van der Waals surface area contributed by atoms with Crippen molar-refractivity contribution in [2.75, 3.05) is 0 Å². The monoisotopic (exact) mass is 864 g/mol. The summed E-state index contributed by atoms with van der Waals surface area (Å²) in [5, 5.41) is 5.44. The normalized spacial score (nSPS) is 10.5. The van der Waals surface area contributed by atoms with Crippen molar-refractivity contribution < 1.29 is 48.1 Å². The number of hydrogen-bond acceptors (Lipinski definition) is 0. The van der Waals surface area contributed by atoms with Crippen LogP contribution < -0.4 is 24.8 Å². The second-order valence-electron chi connectivity index (χ2n) is 14.9. The van der Waals surface area contributed by atoms with Crippen LogP contribution in [0.3, 0.4) is 0 Å². The van der Waals surface area contributed by atoms with E-state index in [1.165, 1.54) is 99.4 Å². The van der Waals surface area contributed by atoms with Gasteiger partial charge in [0.25, 0.3) is 0 Å². The Balaban J connectivity index is 0.000000220. The van der Waals surface area contributed by atoms with Crippen LogP contribution in [-0.2, 0) is 36.2 Å². The molecule has 0 aliphatic rings. The third-order valence-corrected chi connectivity index (χ3v) is 10.2. The fourth-order valence-corrected chi connectivity index (χ4v) is 7.07. The van der Waals surface area contributed by atoms with Crippen molar-refractivity contribution in [1.82, 2.24) is 0 Å². The Hall–Kier alpha value is -3.78. The maximum absolute atomic E-state index is 2.36. The molecule has 56 heavy (non-hydrogen) atoms. The van der Waals surface area contributed by atoms with E-state index in [1.807, 2.05) is 0 Å². The van der Waals surface area contributed by atoms with E-state index in [0.29, 0.717) is 0 Å². The van der Waals surface area contributed by atoms with Gasteiger partial charge in [-0.05, 0) is 51.7 Å². The number of aryl methyl sites for hydroxylation is 6. The molecule has 0 heterocycles. The fourth-order valence-electron chi connectivity index (χ4n) is 7.07. The molecule has 8 aromatic rings. The van der Waals surface area contributed by atoms with Crippen LogP contribution in [0.5, 0.6) is 0 Å². The molecule has 0 bridgehead atoms. The van der Waals surface area contributed by atoms with Gasteiger partial charge in [-0.3, -0.25) is 0 Å². The molecule has 0 saturated carbocycles. The van der Waals surface area contributed by atoms with Gasteiger partial charge >= 0.3 is 41.9 Å². The van der Waals surface area contributed by atoms with Gasteiger partial charge in [-0.2, -0.15) is 12.1 Å². The first-order chi connectivity index (χ1) is 26.0. The van der Waals surface area contributed by atoms with Crippen LogP contribution in [0.15, 0.2) is 146 Å². The Morgan fingerprint density at radius 3 is 0.893 bits per heavy atom. The first-order valence-electron chi connectivity index (χ1n) is 19.3. The van der Waals surface area contributed by atoms with E-state index in [9.17, 15) is 0 Å². The van der Waals surface area contributed by atoms with Crippen LogP contribution in [-0.4, -0.2) is 5.43 Å². The van der Waals surface area contributed by atoms with Gasteiger partial charge in [0.05, 0.1) is 0 Å². The Kier molecular flexibility index (Phi) is 16.5. The molecule has 0 unspecified atom stereocenters. The van der Waals surface area contributed by atoms with Crippen LogP contribution in [0.25, 0.3) is 66.1 Å². The first-order valence-corrected chi connectivity index (χ1v) is 25.5. The van der Waals surface area contributed by atoms with Crippen molar-refractivity contribution in [1.29, 1.82) is 0 Å². The van der Waals surface area contributed by atoms with Crippen LogP contribution in [0, 0.1) is 27.7 Å². The molecule has 0 saturated heterocycles. The molecule has 8 aromatic carbocycles. The topological polar surface area (TPSA) is 0 Å². The summed E-state index contributed by atoms with van der Waals surface area (Å²) in [5.41, 5.74) is 18.7. The second kappa shape index (κ2) is 20.6. The summed E-state index contributed by atoms with van der Waals surface area (Å²) in [6.07, 6.45) is 2.13. The van der Waals surface area contributed by atoms with Crippen molar-refractivity contribution in [2.24, 2.45) is 0 Å². The van der Waals surface area contributed by atoms with Gasteiger partial charge in [0, 0.05) is 0 Å². The molecule has 284 valence electrons. The summed E-state index contributed by atoms with van der Waals surface area (Å²) >= 11 is 1.74. The molecule has 8 rings (SSSR count). The largest absolute Gasteiger partial charge is 1.00 e.